The Hall–Kier alpha value is -0.590. The molecule has 0 heterocycles. The largest absolute Gasteiger partial charge is 0.295 e. The zero-order valence-electron chi connectivity index (χ0n) is 11.6. The van der Waals surface area contributed by atoms with Crippen LogP contribution in [-0.2, 0) is 4.79 Å². The number of hydrogen-bond acceptors (Lipinski definition) is 1. The van der Waals surface area contributed by atoms with Crippen molar-refractivity contribution >= 4 is 5.78 Å². The van der Waals surface area contributed by atoms with Crippen LogP contribution in [0.3, 0.4) is 0 Å². The van der Waals surface area contributed by atoms with Gasteiger partial charge in [0.05, 0.1) is 0 Å². The molecule has 0 saturated heterocycles. The molecule has 1 aliphatic carbocycles. The standard InChI is InChI=1S/C15H26O/c1-9(2)12-7-13(10(3)4)15(11(5)6)14(16)8-12/h9-12H,7-8H2,1-6H3. The van der Waals surface area contributed by atoms with Gasteiger partial charge in [-0.05, 0) is 35.7 Å². The van der Waals surface area contributed by atoms with E-state index in [-0.39, 0.29) is 0 Å². The van der Waals surface area contributed by atoms with Gasteiger partial charge in [0.25, 0.3) is 0 Å². The van der Waals surface area contributed by atoms with E-state index in [0.29, 0.717) is 29.5 Å². The molecule has 1 atom stereocenters. The Morgan fingerprint density at radius 3 is 1.88 bits per heavy atom. The fourth-order valence-electron chi connectivity index (χ4n) is 2.70. The Bertz CT molecular complexity index is 295. The number of carbonyl (C=O) groups is 1. The van der Waals surface area contributed by atoms with Crippen LogP contribution < -0.4 is 0 Å². The highest BCUT2D eigenvalue weighted by Crippen LogP contribution is 2.37. The van der Waals surface area contributed by atoms with Crippen molar-refractivity contribution in [3.63, 3.8) is 0 Å². The maximum atomic E-state index is 12.2. The van der Waals surface area contributed by atoms with Crippen LogP contribution in [0.15, 0.2) is 11.1 Å². The van der Waals surface area contributed by atoms with Crippen LogP contribution in [0.5, 0.6) is 0 Å². The van der Waals surface area contributed by atoms with Crippen molar-refractivity contribution in [2.24, 2.45) is 23.7 Å². The Balaban J connectivity index is 3.07. The summed E-state index contributed by atoms with van der Waals surface area (Å²) in [7, 11) is 0. The fraction of sp³-hybridized carbons (Fsp3) is 0.800. The average molecular weight is 222 g/mol. The molecule has 1 nitrogen and oxygen atoms in total. The van der Waals surface area contributed by atoms with Gasteiger partial charge in [0.15, 0.2) is 5.78 Å². The summed E-state index contributed by atoms with van der Waals surface area (Å²) in [5, 5.41) is 0. The van der Waals surface area contributed by atoms with Gasteiger partial charge in [-0.25, -0.2) is 0 Å². The van der Waals surface area contributed by atoms with Crippen molar-refractivity contribution in [3.05, 3.63) is 11.1 Å². The van der Waals surface area contributed by atoms with Gasteiger partial charge in [0.2, 0.25) is 0 Å². The van der Waals surface area contributed by atoms with Crippen LogP contribution in [0.25, 0.3) is 0 Å². The van der Waals surface area contributed by atoms with E-state index in [0.717, 1.165) is 18.4 Å². The molecule has 1 unspecified atom stereocenters. The predicted molar refractivity (Wildman–Crippen MR) is 69.3 cm³/mol. The topological polar surface area (TPSA) is 17.1 Å². The van der Waals surface area contributed by atoms with Gasteiger partial charge < -0.3 is 0 Å². The maximum Gasteiger partial charge on any atom is 0.159 e. The average Bonchev–Trinajstić information content (AvgIpc) is 2.15. The Morgan fingerprint density at radius 2 is 1.50 bits per heavy atom. The Labute approximate surface area is 100 Å². The summed E-state index contributed by atoms with van der Waals surface area (Å²) in [6, 6.07) is 0. The van der Waals surface area contributed by atoms with Crippen LogP contribution in [-0.4, -0.2) is 5.78 Å². The van der Waals surface area contributed by atoms with Crippen molar-refractivity contribution in [3.8, 4) is 0 Å². The van der Waals surface area contributed by atoms with Crippen molar-refractivity contribution in [2.45, 2.75) is 54.4 Å². The maximum absolute atomic E-state index is 12.2. The second-order valence-corrected chi connectivity index (χ2v) is 6.08. The smallest absolute Gasteiger partial charge is 0.159 e. The molecule has 92 valence electrons. The molecule has 0 aliphatic heterocycles. The van der Waals surface area contributed by atoms with Gasteiger partial charge >= 0.3 is 0 Å². The monoisotopic (exact) mass is 222 g/mol. The molecule has 0 aromatic carbocycles. The molecular formula is C15H26O. The first kappa shape index (κ1) is 13.5. The van der Waals surface area contributed by atoms with Crippen LogP contribution in [0.4, 0.5) is 0 Å². The van der Waals surface area contributed by atoms with Gasteiger partial charge in [-0.1, -0.05) is 47.1 Å². The summed E-state index contributed by atoms with van der Waals surface area (Å²) in [5.74, 6) is 2.49. The van der Waals surface area contributed by atoms with Crippen LogP contribution in [0.1, 0.15) is 54.4 Å². The number of rotatable bonds is 3. The lowest BCUT2D eigenvalue weighted by atomic mass is 9.72. The SMILES string of the molecule is CC(C)C1=C(C(C)C)C(=O)CC(C(C)C)C1. The Kier molecular flexibility index (Phi) is 4.35. The quantitative estimate of drug-likeness (QED) is 0.698. The lowest BCUT2D eigenvalue weighted by Crippen LogP contribution is -2.26. The molecule has 1 rings (SSSR count). The fourth-order valence-corrected chi connectivity index (χ4v) is 2.70. The number of Topliss-reactive ketones (excluding diaryl/α,β-unsaturated/α-hetero) is 1. The number of allylic oxidation sites excluding steroid dienone is 2. The van der Waals surface area contributed by atoms with Gasteiger partial charge in [0, 0.05) is 6.42 Å². The molecule has 0 spiro atoms. The molecule has 0 aromatic heterocycles. The first-order chi connectivity index (χ1) is 7.34. The predicted octanol–water partition coefficient (Wildman–Crippen LogP) is 4.23. The summed E-state index contributed by atoms with van der Waals surface area (Å²) in [6.07, 6.45) is 1.90. The van der Waals surface area contributed by atoms with E-state index in [9.17, 15) is 4.79 Å². The van der Waals surface area contributed by atoms with E-state index in [4.69, 9.17) is 0 Å². The molecule has 1 aliphatic rings. The number of hydrogen-bond donors (Lipinski definition) is 0. The van der Waals surface area contributed by atoms with E-state index in [1.54, 1.807) is 0 Å². The van der Waals surface area contributed by atoms with Gasteiger partial charge in [0.1, 0.15) is 0 Å². The van der Waals surface area contributed by atoms with E-state index in [1.807, 2.05) is 0 Å². The molecule has 0 radical (unpaired) electrons. The summed E-state index contributed by atoms with van der Waals surface area (Å²) < 4.78 is 0. The number of carbonyl (C=O) groups excluding carboxylic acids is 1. The molecule has 0 bridgehead atoms. The summed E-state index contributed by atoms with van der Waals surface area (Å²) >= 11 is 0. The molecule has 0 aromatic rings. The summed E-state index contributed by atoms with van der Waals surface area (Å²) in [6.45, 7) is 13.2. The molecule has 1 heteroatoms. The first-order valence-electron chi connectivity index (χ1n) is 6.60. The lowest BCUT2D eigenvalue weighted by Gasteiger charge is -2.32. The third-order valence-corrected chi connectivity index (χ3v) is 3.79. The zero-order chi connectivity index (χ0) is 12.5. The second-order valence-electron chi connectivity index (χ2n) is 6.08. The minimum atomic E-state index is 0.387. The molecule has 0 fully saturated rings. The minimum Gasteiger partial charge on any atom is -0.295 e. The second kappa shape index (κ2) is 5.16. The van der Waals surface area contributed by atoms with Crippen molar-refractivity contribution in [1.82, 2.24) is 0 Å². The van der Waals surface area contributed by atoms with E-state index < -0.39 is 0 Å². The van der Waals surface area contributed by atoms with Gasteiger partial charge in [-0.3, -0.25) is 4.79 Å². The van der Waals surface area contributed by atoms with E-state index in [1.165, 1.54) is 5.57 Å². The third-order valence-electron chi connectivity index (χ3n) is 3.79. The lowest BCUT2D eigenvalue weighted by molar-refractivity contribution is -0.117. The van der Waals surface area contributed by atoms with Gasteiger partial charge in [-0.2, -0.15) is 0 Å². The van der Waals surface area contributed by atoms with Gasteiger partial charge in [-0.15, -0.1) is 0 Å². The van der Waals surface area contributed by atoms with Crippen LogP contribution >= 0.6 is 0 Å². The van der Waals surface area contributed by atoms with E-state index in [2.05, 4.69) is 41.5 Å². The third kappa shape index (κ3) is 2.75. The highest BCUT2D eigenvalue weighted by Gasteiger charge is 2.31. The zero-order valence-corrected chi connectivity index (χ0v) is 11.6. The summed E-state index contributed by atoms with van der Waals surface area (Å²) in [5.41, 5.74) is 2.55. The number of ketones is 1. The summed E-state index contributed by atoms with van der Waals surface area (Å²) in [4.78, 5) is 12.2. The molecule has 16 heavy (non-hydrogen) atoms. The highest BCUT2D eigenvalue weighted by atomic mass is 16.1. The van der Waals surface area contributed by atoms with E-state index >= 15 is 0 Å². The van der Waals surface area contributed by atoms with Crippen molar-refractivity contribution < 1.29 is 4.79 Å². The normalized spacial score (nSPS) is 22.8. The van der Waals surface area contributed by atoms with Crippen molar-refractivity contribution in [2.75, 3.05) is 0 Å². The van der Waals surface area contributed by atoms with Crippen molar-refractivity contribution in [1.29, 1.82) is 0 Å². The minimum absolute atomic E-state index is 0.387. The first-order valence-corrected chi connectivity index (χ1v) is 6.60. The van der Waals surface area contributed by atoms with Crippen LogP contribution in [0.2, 0.25) is 0 Å². The molecular weight excluding hydrogens is 196 g/mol. The Morgan fingerprint density at radius 1 is 0.938 bits per heavy atom. The highest BCUT2D eigenvalue weighted by molar-refractivity contribution is 5.97. The molecule has 0 N–H and O–H groups in total. The molecule has 0 amide bonds. The molecule has 0 saturated carbocycles. The van der Waals surface area contributed by atoms with Crippen LogP contribution in [0, 0.1) is 23.7 Å².